The highest BCUT2D eigenvalue weighted by molar-refractivity contribution is 5.41. The molecule has 0 spiro atoms. The van der Waals surface area contributed by atoms with E-state index in [-0.39, 0.29) is 0 Å². The Bertz CT molecular complexity index is 523. The maximum atomic E-state index is 2.53. The SMILES string of the molecule is C1=CC23CCc4ccccc4CC2(C=CC1)C3.CC. The third-order valence-electron chi connectivity index (χ3n) is 5.11. The van der Waals surface area contributed by atoms with Gasteiger partial charge in [0.15, 0.2) is 0 Å². The van der Waals surface area contributed by atoms with Gasteiger partial charge >= 0.3 is 0 Å². The van der Waals surface area contributed by atoms with Gasteiger partial charge in [-0.3, -0.25) is 0 Å². The number of fused-ring (bicyclic) bond motifs is 1. The summed E-state index contributed by atoms with van der Waals surface area (Å²) in [6, 6.07) is 9.04. The molecule has 0 heterocycles. The van der Waals surface area contributed by atoms with Crippen LogP contribution in [0.15, 0.2) is 48.6 Å². The second kappa shape index (κ2) is 4.67. The predicted molar refractivity (Wildman–Crippen MR) is 82.2 cm³/mol. The molecule has 3 aliphatic rings. The van der Waals surface area contributed by atoms with Crippen molar-refractivity contribution in [3.63, 3.8) is 0 Å². The van der Waals surface area contributed by atoms with Crippen molar-refractivity contribution >= 4 is 0 Å². The molecule has 3 aliphatic carbocycles. The molecule has 4 rings (SSSR count). The van der Waals surface area contributed by atoms with Gasteiger partial charge < -0.3 is 0 Å². The maximum Gasteiger partial charge on any atom is 0.00222 e. The van der Waals surface area contributed by atoms with Crippen molar-refractivity contribution in [1.82, 2.24) is 0 Å². The van der Waals surface area contributed by atoms with E-state index < -0.39 is 0 Å². The summed E-state index contributed by atoms with van der Waals surface area (Å²) >= 11 is 0. The zero-order valence-electron chi connectivity index (χ0n) is 12.2. The molecule has 1 saturated carbocycles. The van der Waals surface area contributed by atoms with Crippen molar-refractivity contribution in [2.75, 3.05) is 0 Å². The summed E-state index contributed by atoms with van der Waals surface area (Å²) in [7, 11) is 0. The van der Waals surface area contributed by atoms with Crippen LogP contribution in [-0.2, 0) is 12.8 Å². The third kappa shape index (κ3) is 1.89. The highest BCUT2D eigenvalue weighted by Gasteiger charge is 2.64. The van der Waals surface area contributed by atoms with Crippen LogP contribution in [0.25, 0.3) is 0 Å². The standard InChI is InChI=1S/C17H18.C2H6/c1-4-9-16-11-8-14-6-2-3-7-15(14)12-17(16,13-16)10-5-1;1-2/h2-7,9-10H,1,8,11-13H2;1-2H3. The van der Waals surface area contributed by atoms with E-state index in [0.717, 1.165) is 6.42 Å². The summed E-state index contributed by atoms with van der Waals surface area (Å²) in [4.78, 5) is 0. The van der Waals surface area contributed by atoms with Gasteiger partial charge in [-0.05, 0) is 48.6 Å². The minimum Gasteiger partial charge on any atom is -0.0842 e. The lowest BCUT2D eigenvalue weighted by molar-refractivity contribution is 0.460. The number of benzene rings is 1. The molecule has 0 radical (unpaired) electrons. The fourth-order valence-corrected chi connectivity index (χ4v) is 4.02. The first kappa shape index (κ1) is 12.7. The molecular formula is C19H24. The van der Waals surface area contributed by atoms with E-state index in [4.69, 9.17) is 0 Å². The highest BCUT2D eigenvalue weighted by atomic mass is 14.7. The normalized spacial score (nSPS) is 33.8. The summed E-state index contributed by atoms with van der Waals surface area (Å²) in [5.41, 5.74) is 4.14. The van der Waals surface area contributed by atoms with Crippen molar-refractivity contribution in [3.05, 3.63) is 59.7 Å². The fourth-order valence-electron chi connectivity index (χ4n) is 4.02. The molecule has 0 N–H and O–H groups in total. The molecule has 0 nitrogen and oxygen atoms in total. The molecule has 0 saturated heterocycles. The van der Waals surface area contributed by atoms with Crippen molar-refractivity contribution in [2.45, 2.75) is 46.0 Å². The molecule has 100 valence electrons. The molecule has 0 aromatic heterocycles. The van der Waals surface area contributed by atoms with Crippen LogP contribution in [0.3, 0.4) is 0 Å². The fraction of sp³-hybridized carbons (Fsp3) is 0.474. The Labute approximate surface area is 117 Å². The van der Waals surface area contributed by atoms with Crippen LogP contribution in [0, 0.1) is 10.8 Å². The molecule has 0 heteroatoms. The smallest absolute Gasteiger partial charge is 0.00222 e. The van der Waals surface area contributed by atoms with E-state index >= 15 is 0 Å². The Morgan fingerprint density at radius 1 is 0.895 bits per heavy atom. The zero-order chi connectivity index (χ0) is 13.3. The monoisotopic (exact) mass is 252 g/mol. The summed E-state index contributed by atoms with van der Waals surface area (Å²) < 4.78 is 0. The van der Waals surface area contributed by atoms with Gasteiger partial charge in [0.05, 0.1) is 0 Å². The first-order valence-electron chi connectivity index (χ1n) is 7.76. The molecular weight excluding hydrogens is 228 g/mol. The second-order valence-corrected chi connectivity index (χ2v) is 5.97. The molecule has 2 atom stereocenters. The average molecular weight is 252 g/mol. The van der Waals surface area contributed by atoms with E-state index in [9.17, 15) is 0 Å². The van der Waals surface area contributed by atoms with E-state index in [1.54, 1.807) is 11.1 Å². The largest absolute Gasteiger partial charge is 0.0842 e. The van der Waals surface area contributed by atoms with E-state index in [1.807, 2.05) is 13.8 Å². The molecule has 1 fully saturated rings. The van der Waals surface area contributed by atoms with Crippen LogP contribution in [0.2, 0.25) is 0 Å². The molecule has 0 amide bonds. The minimum absolute atomic E-state index is 0.465. The van der Waals surface area contributed by atoms with Gasteiger partial charge in [0.1, 0.15) is 0 Å². The molecule has 1 aromatic carbocycles. The van der Waals surface area contributed by atoms with Crippen LogP contribution in [0.1, 0.15) is 44.2 Å². The van der Waals surface area contributed by atoms with Crippen molar-refractivity contribution in [1.29, 1.82) is 0 Å². The summed E-state index contributed by atoms with van der Waals surface area (Å²) in [5.74, 6) is 0. The van der Waals surface area contributed by atoms with Gasteiger partial charge in [0.2, 0.25) is 0 Å². The Balaban J connectivity index is 0.000000528. The zero-order valence-corrected chi connectivity index (χ0v) is 12.2. The number of hydrogen-bond acceptors (Lipinski definition) is 0. The van der Waals surface area contributed by atoms with E-state index in [2.05, 4.69) is 48.6 Å². The Morgan fingerprint density at radius 3 is 2.37 bits per heavy atom. The van der Waals surface area contributed by atoms with Gasteiger partial charge in [0, 0.05) is 5.41 Å². The van der Waals surface area contributed by atoms with Crippen LogP contribution in [0.4, 0.5) is 0 Å². The lowest BCUT2D eigenvalue weighted by Crippen LogP contribution is -2.10. The second-order valence-electron chi connectivity index (χ2n) is 5.97. The Kier molecular flexibility index (Phi) is 3.12. The van der Waals surface area contributed by atoms with Crippen LogP contribution < -0.4 is 0 Å². The van der Waals surface area contributed by atoms with Gasteiger partial charge in [-0.2, -0.15) is 0 Å². The summed E-state index contributed by atoms with van der Waals surface area (Å²) in [6.45, 7) is 4.00. The van der Waals surface area contributed by atoms with E-state index in [1.165, 1.54) is 25.7 Å². The number of rotatable bonds is 0. The lowest BCUT2D eigenvalue weighted by atomic mass is 9.87. The van der Waals surface area contributed by atoms with Gasteiger partial charge in [-0.25, -0.2) is 0 Å². The number of allylic oxidation sites excluding steroid dienone is 4. The maximum absolute atomic E-state index is 2.53. The molecule has 19 heavy (non-hydrogen) atoms. The van der Waals surface area contributed by atoms with Gasteiger partial charge in [0.25, 0.3) is 0 Å². The quantitative estimate of drug-likeness (QED) is 0.564. The molecule has 1 aromatic rings. The molecule has 0 aliphatic heterocycles. The third-order valence-corrected chi connectivity index (χ3v) is 5.11. The van der Waals surface area contributed by atoms with Crippen molar-refractivity contribution in [2.24, 2.45) is 10.8 Å². The van der Waals surface area contributed by atoms with Crippen LogP contribution >= 0.6 is 0 Å². The highest BCUT2D eigenvalue weighted by Crippen LogP contribution is 2.71. The molecule has 0 bridgehead atoms. The van der Waals surface area contributed by atoms with Crippen LogP contribution in [0.5, 0.6) is 0 Å². The van der Waals surface area contributed by atoms with Crippen LogP contribution in [-0.4, -0.2) is 0 Å². The van der Waals surface area contributed by atoms with Gasteiger partial charge in [-0.15, -0.1) is 0 Å². The lowest BCUT2D eigenvalue weighted by Gasteiger charge is -2.16. The summed E-state index contributed by atoms with van der Waals surface area (Å²) in [5, 5.41) is 0. The molecule has 2 unspecified atom stereocenters. The number of aryl methyl sites for hydroxylation is 1. The first-order valence-corrected chi connectivity index (χ1v) is 7.76. The average Bonchev–Trinajstić information content (AvgIpc) is 3.09. The van der Waals surface area contributed by atoms with Gasteiger partial charge in [-0.1, -0.05) is 62.4 Å². The minimum atomic E-state index is 0.465. The first-order chi connectivity index (χ1) is 9.34. The van der Waals surface area contributed by atoms with E-state index in [0.29, 0.717) is 10.8 Å². The van der Waals surface area contributed by atoms with Crippen molar-refractivity contribution in [3.8, 4) is 0 Å². The predicted octanol–water partition coefficient (Wildman–Crippen LogP) is 5.09. The van der Waals surface area contributed by atoms with Crippen molar-refractivity contribution < 1.29 is 0 Å². The summed E-state index contributed by atoms with van der Waals surface area (Å²) in [6.07, 6.45) is 16.2. The number of hydrogen-bond donors (Lipinski definition) is 0. The topological polar surface area (TPSA) is 0 Å². The Morgan fingerprint density at radius 2 is 1.58 bits per heavy atom. The Hall–Kier alpha value is -1.30.